The molecule has 0 saturated carbocycles. The molecule has 0 bridgehead atoms. The van der Waals surface area contributed by atoms with E-state index < -0.39 is 0 Å². The lowest BCUT2D eigenvalue weighted by molar-refractivity contribution is -0.113. The summed E-state index contributed by atoms with van der Waals surface area (Å²) >= 11 is 7.22. The van der Waals surface area contributed by atoms with E-state index in [1.807, 2.05) is 37.3 Å². The average molecular weight is 390 g/mol. The van der Waals surface area contributed by atoms with Crippen molar-refractivity contribution in [1.29, 1.82) is 0 Å². The lowest BCUT2D eigenvalue weighted by Gasteiger charge is -2.05. The van der Waals surface area contributed by atoms with Crippen LogP contribution in [0, 0.1) is 6.92 Å². The van der Waals surface area contributed by atoms with Crippen molar-refractivity contribution >= 4 is 35.0 Å². The molecule has 8 heteroatoms. The number of carbonyl (C=O) groups is 1. The monoisotopic (exact) mass is 389 g/mol. The number of aryl methyl sites for hydroxylation is 1. The number of rotatable bonds is 6. The summed E-state index contributed by atoms with van der Waals surface area (Å²) < 4.78 is 10.7. The van der Waals surface area contributed by atoms with Crippen LogP contribution >= 0.6 is 23.4 Å². The van der Waals surface area contributed by atoms with E-state index in [-0.39, 0.29) is 11.7 Å². The SMILES string of the molecule is COc1ccc(-c2nnc(SCC(=O)Nc3ccc(C)c(Cl)c3)o2)cc1. The number of carbonyl (C=O) groups excluding carboxylic acids is 1. The molecule has 0 unspecified atom stereocenters. The van der Waals surface area contributed by atoms with Crippen LogP contribution in [0.3, 0.4) is 0 Å². The zero-order valence-electron chi connectivity index (χ0n) is 14.2. The first-order chi connectivity index (χ1) is 12.5. The summed E-state index contributed by atoms with van der Waals surface area (Å²) in [5.41, 5.74) is 2.38. The number of thioether (sulfide) groups is 1. The normalized spacial score (nSPS) is 10.6. The molecule has 0 atom stereocenters. The Morgan fingerprint density at radius 3 is 2.69 bits per heavy atom. The molecule has 0 saturated heterocycles. The van der Waals surface area contributed by atoms with Crippen molar-refractivity contribution in [3.8, 4) is 17.2 Å². The fourth-order valence-corrected chi connectivity index (χ4v) is 2.86. The second kappa shape index (κ2) is 8.25. The molecule has 0 aliphatic heterocycles. The number of ether oxygens (including phenoxy) is 1. The Hall–Kier alpha value is -2.51. The molecule has 26 heavy (non-hydrogen) atoms. The van der Waals surface area contributed by atoms with Crippen molar-refractivity contribution in [2.75, 3.05) is 18.2 Å². The maximum atomic E-state index is 12.1. The molecular weight excluding hydrogens is 374 g/mol. The molecule has 1 amide bonds. The van der Waals surface area contributed by atoms with E-state index in [9.17, 15) is 4.79 Å². The Morgan fingerprint density at radius 2 is 2.00 bits per heavy atom. The molecule has 0 aliphatic rings. The van der Waals surface area contributed by atoms with Crippen molar-refractivity contribution in [3.63, 3.8) is 0 Å². The number of methoxy groups -OCH3 is 1. The zero-order valence-corrected chi connectivity index (χ0v) is 15.7. The third-order valence-electron chi connectivity index (χ3n) is 3.53. The standard InChI is InChI=1S/C18H16ClN3O3S/c1-11-3-6-13(9-15(11)19)20-16(23)10-26-18-22-21-17(25-18)12-4-7-14(24-2)8-5-12/h3-9H,10H2,1-2H3,(H,20,23). The van der Waals surface area contributed by atoms with Crippen LogP contribution in [0.5, 0.6) is 5.75 Å². The van der Waals surface area contributed by atoms with E-state index in [0.29, 0.717) is 21.8 Å². The Balaban J connectivity index is 1.56. The van der Waals surface area contributed by atoms with Gasteiger partial charge in [0, 0.05) is 16.3 Å². The van der Waals surface area contributed by atoms with Gasteiger partial charge in [0.15, 0.2) is 0 Å². The predicted molar refractivity (Wildman–Crippen MR) is 102 cm³/mol. The fraction of sp³-hybridized carbons (Fsp3) is 0.167. The number of halogens is 1. The third kappa shape index (κ3) is 4.56. The number of hydrogen-bond donors (Lipinski definition) is 1. The minimum atomic E-state index is -0.181. The Labute approximate surface area is 159 Å². The molecular formula is C18H16ClN3O3S. The Bertz CT molecular complexity index is 912. The van der Waals surface area contributed by atoms with E-state index in [0.717, 1.165) is 16.9 Å². The number of anilines is 1. The maximum Gasteiger partial charge on any atom is 0.277 e. The van der Waals surface area contributed by atoms with Gasteiger partial charge in [0.1, 0.15) is 5.75 Å². The molecule has 1 aromatic heterocycles. The maximum absolute atomic E-state index is 12.1. The summed E-state index contributed by atoms with van der Waals surface area (Å²) in [7, 11) is 1.60. The minimum absolute atomic E-state index is 0.149. The van der Waals surface area contributed by atoms with Crippen LogP contribution in [0.25, 0.3) is 11.5 Å². The van der Waals surface area contributed by atoms with E-state index in [1.165, 1.54) is 11.8 Å². The molecule has 1 heterocycles. The first-order valence-corrected chi connectivity index (χ1v) is 9.08. The number of aromatic nitrogens is 2. The van der Waals surface area contributed by atoms with Crippen molar-refractivity contribution in [3.05, 3.63) is 53.1 Å². The second-order valence-corrected chi connectivity index (χ2v) is 6.74. The van der Waals surface area contributed by atoms with Crippen LogP contribution in [-0.4, -0.2) is 29.0 Å². The molecule has 2 aromatic carbocycles. The number of benzene rings is 2. The predicted octanol–water partition coefficient (Wildman–Crippen LogP) is 4.44. The summed E-state index contributed by atoms with van der Waals surface area (Å²) in [6.45, 7) is 1.90. The lowest BCUT2D eigenvalue weighted by atomic mass is 10.2. The van der Waals surface area contributed by atoms with Crippen molar-refractivity contribution < 1.29 is 13.9 Å². The number of amides is 1. The second-order valence-electron chi connectivity index (χ2n) is 5.40. The quantitative estimate of drug-likeness (QED) is 0.628. The molecule has 0 fully saturated rings. The average Bonchev–Trinajstić information content (AvgIpc) is 3.12. The van der Waals surface area contributed by atoms with Crippen LogP contribution in [0.4, 0.5) is 5.69 Å². The summed E-state index contributed by atoms with van der Waals surface area (Å²) in [5, 5.41) is 11.7. The highest BCUT2D eigenvalue weighted by molar-refractivity contribution is 7.99. The molecule has 134 valence electrons. The molecule has 0 spiro atoms. The van der Waals surface area contributed by atoms with Crippen LogP contribution in [0.2, 0.25) is 5.02 Å². The highest BCUT2D eigenvalue weighted by Gasteiger charge is 2.12. The third-order valence-corrected chi connectivity index (χ3v) is 4.75. The Morgan fingerprint density at radius 1 is 1.23 bits per heavy atom. The van der Waals surface area contributed by atoms with Crippen molar-refractivity contribution in [2.24, 2.45) is 0 Å². The summed E-state index contributed by atoms with van der Waals surface area (Å²) in [5.74, 6) is 1.10. The minimum Gasteiger partial charge on any atom is -0.497 e. The molecule has 0 radical (unpaired) electrons. The van der Waals surface area contributed by atoms with Crippen LogP contribution in [-0.2, 0) is 4.79 Å². The summed E-state index contributed by atoms with van der Waals surface area (Å²) in [6, 6.07) is 12.7. The van der Waals surface area contributed by atoms with Gasteiger partial charge in [0.25, 0.3) is 5.22 Å². The van der Waals surface area contributed by atoms with E-state index in [1.54, 1.807) is 19.2 Å². The van der Waals surface area contributed by atoms with Gasteiger partial charge in [-0.2, -0.15) is 0 Å². The van der Waals surface area contributed by atoms with E-state index in [4.69, 9.17) is 20.8 Å². The number of nitrogens with one attached hydrogen (secondary N) is 1. The smallest absolute Gasteiger partial charge is 0.277 e. The molecule has 0 aliphatic carbocycles. The Kier molecular flexibility index (Phi) is 5.80. The molecule has 1 N–H and O–H groups in total. The zero-order chi connectivity index (χ0) is 18.5. The highest BCUT2D eigenvalue weighted by Crippen LogP contribution is 2.25. The molecule has 3 aromatic rings. The van der Waals surface area contributed by atoms with Crippen molar-refractivity contribution in [1.82, 2.24) is 10.2 Å². The highest BCUT2D eigenvalue weighted by atomic mass is 35.5. The van der Waals surface area contributed by atoms with Gasteiger partial charge in [-0.05, 0) is 48.9 Å². The molecule has 3 rings (SSSR count). The van der Waals surface area contributed by atoms with Gasteiger partial charge in [-0.1, -0.05) is 29.4 Å². The van der Waals surface area contributed by atoms with Crippen LogP contribution in [0.1, 0.15) is 5.56 Å². The van der Waals surface area contributed by atoms with E-state index >= 15 is 0 Å². The van der Waals surface area contributed by atoms with Crippen LogP contribution in [0.15, 0.2) is 52.1 Å². The van der Waals surface area contributed by atoms with Gasteiger partial charge in [0.05, 0.1) is 12.9 Å². The molecule has 6 nitrogen and oxygen atoms in total. The largest absolute Gasteiger partial charge is 0.497 e. The summed E-state index contributed by atoms with van der Waals surface area (Å²) in [6.07, 6.45) is 0. The van der Waals surface area contributed by atoms with Gasteiger partial charge in [0.2, 0.25) is 11.8 Å². The topological polar surface area (TPSA) is 77.2 Å². The first kappa shape index (κ1) is 18.3. The van der Waals surface area contributed by atoms with E-state index in [2.05, 4.69) is 15.5 Å². The number of nitrogens with zero attached hydrogens (tertiary/aromatic N) is 2. The van der Waals surface area contributed by atoms with Crippen molar-refractivity contribution in [2.45, 2.75) is 12.1 Å². The van der Waals surface area contributed by atoms with Crippen LogP contribution < -0.4 is 10.1 Å². The number of hydrogen-bond acceptors (Lipinski definition) is 6. The summed E-state index contributed by atoms with van der Waals surface area (Å²) in [4.78, 5) is 12.1. The van der Waals surface area contributed by atoms with Gasteiger partial charge >= 0.3 is 0 Å². The van der Waals surface area contributed by atoms with Gasteiger partial charge in [-0.15, -0.1) is 10.2 Å². The van der Waals surface area contributed by atoms with Gasteiger partial charge in [-0.3, -0.25) is 4.79 Å². The fourth-order valence-electron chi connectivity index (χ4n) is 2.11. The van der Waals surface area contributed by atoms with Gasteiger partial charge < -0.3 is 14.5 Å². The lowest BCUT2D eigenvalue weighted by Crippen LogP contribution is -2.14. The van der Waals surface area contributed by atoms with Gasteiger partial charge in [-0.25, -0.2) is 0 Å². The first-order valence-electron chi connectivity index (χ1n) is 7.72.